The number of aromatic nitrogens is 1. The number of benzene rings is 1. The van der Waals surface area contributed by atoms with E-state index in [1.165, 1.54) is 5.38 Å². The number of nitriles is 1. The highest BCUT2D eigenvalue weighted by Gasteiger charge is 2.15. The molecule has 0 spiro atoms. The molecule has 19 heavy (non-hydrogen) atoms. The van der Waals surface area contributed by atoms with Gasteiger partial charge in [0.2, 0.25) is 0 Å². The van der Waals surface area contributed by atoms with E-state index in [1.54, 1.807) is 24.3 Å². The highest BCUT2D eigenvalue weighted by Crippen LogP contribution is 2.16. The number of carbonyl (C=O) groups is 2. The summed E-state index contributed by atoms with van der Waals surface area (Å²) in [5.74, 6) is -1.73. The lowest BCUT2D eigenvalue weighted by Gasteiger charge is -2.04. The van der Waals surface area contributed by atoms with E-state index in [4.69, 9.17) is 10.4 Å². The molecule has 1 aromatic carbocycles. The highest BCUT2D eigenvalue weighted by molar-refractivity contribution is 7.12. The maximum atomic E-state index is 11.9. The molecular weight excluding hydrogens is 266 g/mol. The first-order valence-electron chi connectivity index (χ1n) is 5.11. The van der Waals surface area contributed by atoms with Gasteiger partial charge in [0.25, 0.3) is 5.91 Å². The van der Waals surface area contributed by atoms with Gasteiger partial charge < -0.3 is 10.4 Å². The maximum Gasteiger partial charge on any atom is 0.355 e. The SMILES string of the molecule is N#Cc1ccccc1NC(=O)c1nc(C(=O)O)cs1. The predicted octanol–water partition coefficient (Wildman–Crippen LogP) is 1.97. The van der Waals surface area contributed by atoms with E-state index in [1.807, 2.05) is 6.07 Å². The number of carboxylic acid groups (broad SMARTS) is 1. The van der Waals surface area contributed by atoms with Crippen molar-refractivity contribution in [2.24, 2.45) is 0 Å². The van der Waals surface area contributed by atoms with Gasteiger partial charge in [-0.3, -0.25) is 4.79 Å². The lowest BCUT2D eigenvalue weighted by atomic mass is 10.2. The van der Waals surface area contributed by atoms with Crippen LogP contribution in [-0.2, 0) is 0 Å². The van der Waals surface area contributed by atoms with E-state index in [9.17, 15) is 9.59 Å². The van der Waals surface area contributed by atoms with Gasteiger partial charge in [0.05, 0.1) is 11.3 Å². The van der Waals surface area contributed by atoms with Crippen LogP contribution in [0.25, 0.3) is 0 Å². The van der Waals surface area contributed by atoms with Crippen LogP contribution in [-0.4, -0.2) is 22.0 Å². The van der Waals surface area contributed by atoms with E-state index in [-0.39, 0.29) is 10.7 Å². The molecule has 6 nitrogen and oxygen atoms in total. The molecule has 1 heterocycles. The fourth-order valence-corrected chi connectivity index (χ4v) is 2.03. The summed E-state index contributed by atoms with van der Waals surface area (Å²) in [6, 6.07) is 8.47. The second kappa shape index (κ2) is 5.29. The first-order chi connectivity index (χ1) is 9.11. The molecule has 0 aliphatic rings. The molecule has 0 unspecified atom stereocenters. The molecular formula is C12H7N3O3S. The molecule has 0 fully saturated rings. The van der Waals surface area contributed by atoms with Gasteiger partial charge in [-0.1, -0.05) is 12.1 Å². The zero-order valence-corrected chi connectivity index (χ0v) is 10.3. The number of amides is 1. The molecule has 0 saturated heterocycles. The third-order valence-electron chi connectivity index (χ3n) is 2.21. The molecule has 1 aromatic heterocycles. The normalized spacial score (nSPS) is 9.63. The topological polar surface area (TPSA) is 103 Å². The Morgan fingerprint density at radius 3 is 2.74 bits per heavy atom. The van der Waals surface area contributed by atoms with Gasteiger partial charge in [-0.05, 0) is 12.1 Å². The molecule has 0 aliphatic carbocycles. The van der Waals surface area contributed by atoms with Crippen molar-refractivity contribution in [1.29, 1.82) is 5.26 Å². The summed E-state index contributed by atoms with van der Waals surface area (Å²) < 4.78 is 0. The predicted molar refractivity (Wildman–Crippen MR) is 68.2 cm³/mol. The molecule has 0 bridgehead atoms. The number of anilines is 1. The van der Waals surface area contributed by atoms with Crippen LogP contribution in [0.15, 0.2) is 29.6 Å². The molecule has 2 rings (SSSR count). The smallest absolute Gasteiger partial charge is 0.355 e. The van der Waals surface area contributed by atoms with Crippen LogP contribution < -0.4 is 5.32 Å². The highest BCUT2D eigenvalue weighted by atomic mass is 32.1. The van der Waals surface area contributed by atoms with Gasteiger partial charge in [0.15, 0.2) is 10.7 Å². The maximum absolute atomic E-state index is 11.9. The number of carboxylic acids is 1. The van der Waals surface area contributed by atoms with E-state index in [0.717, 1.165) is 11.3 Å². The number of para-hydroxylation sites is 1. The number of nitrogens with one attached hydrogen (secondary N) is 1. The van der Waals surface area contributed by atoms with Gasteiger partial charge in [0, 0.05) is 5.38 Å². The van der Waals surface area contributed by atoms with Crippen molar-refractivity contribution in [3.05, 3.63) is 45.9 Å². The molecule has 0 saturated carbocycles. The number of nitrogens with zero attached hydrogens (tertiary/aromatic N) is 2. The summed E-state index contributed by atoms with van der Waals surface area (Å²) >= 11 is 0.932. The molecule has 2 aromatic rings. The molecule has 1 amide bonds. The van der Waals surface area contributed by atoms with Crippen LogP contribution in [0.5, 0.6) is 0 Å². The summed E-state index contributed by atoms with van der Waals surface area (Å²) in [7, 11) is 0. The van der Waals surface area contributed by atoms with Gasteiger partial charge in [-0.15, -0.1) is 11.3 Å². The Bertz CT molecular complexity index is 688. The summed E-state index contributed by atoms with van der Waals surface area (Å²) in [5, 5.41) is 21.4. The van der Waals surface area contributed by atoms with E-state index >= 15 is 0 Å². The standard InChI is InChI=1S/C12H7N3O3S/c13-5-7-3-1-2-4-8(7)14-10(16)11-15-9(6-19-11)12(17)18/h1-4,6H,(H,14,16)(H,17,18). The van der Waals surface area contributed by atoms with Crippen LogP contribution in [0.4, 0.5) is 5.69 Å². The Balaban J connectivity index is 2.21. The number of rotatable bonds is 3. The quantitative estimate of drug-likeness (QED) is 0.889. The Morgan fingerprint density at radius 2 is 2.11 bits per heavy atom. The third kappa shape index (κ3) is 2.75. The Hall–Kier alpha value is -2.72. The van der Waals surface area contributed by atoms with E-state index in [0.29, 0.717) is 11.3 Å². The number of hydrogen-bond acceptors (Lipinski definition) is 5. The number of carbonyl (C=O) groups excluding carboxylic acids is 1. The first kappa shape index (κ1) is 12.7. The molecule has 2 N–H and O–H groups in total. The second-order valence-electron chi connectivity index (χ2n) is 3.45. The lowest BCUT2D eigenvalue weighted by Crippen LogP contribution is -2.13. The van der Waals surface area contributed by atoms with Crippen LogP contribution in [0, 0.1) is 11.3 Å². The average Bonchev–Trinajstić information content (AvgIpc) is 2.89. The summed E-state index contributed by atoms with van der Waals surface area (Å²) in [5.41, 5.74) is 0.511. The summed E-state index contributed by atoms with van der Waals surface area (Å²) in [6.45, 7) is 0. The van der Waals surface area contributed by atoms with Crippen LogP contribution >= 0.6 is 11.3 Å². The van der Waals surface area contributed by atoms with Crippen LogP contribution in [0.3, 0.4) is 0 Å². The van der Waals surface area contributed by atoms with Crippen molar-refractivity contribution in [2.75, 3.05) is 5.32 Å². The van der Waals surface area contributed by atoms with Crippen molar-refractivity contribution in [3.8, 4) is 6.07 Å². The number of thiazole rings is 1. The van der Waals surface area contributed by atoms with E-state index < -0.39 is 11.9 Å². The molecule has 94 valence electrons. The zero-order valence-electron chi connectivity index (χ0n) is 9.45. The minimum atomic E-state index is -1.19. The van der Waals surface area contributed by atoms with Crippen LogP contribution in [0.2, 0.25) is 0 Å². The minimum Gasteiger partial charge on any atom is -0.476 e. The number of hydrogen-bond donors (Lipinski definition) is 2. The molecule has 7 heteroatoms. The van der Waals surface area contributed by atoms with Gasteiger partial charge >= 0.3 is 5.97 Å². The summed E-state index contributed by atoms with van der Waals surface area (Å²) in [6.07, 6.45) is 0. The Labute approximate surface area is 112 Å². The van der Waals surface area contributed by atoms with Crippen molar-refractivity contribution in [3.63, 3.8) is 0 Å². The van der Waals surface area contributed by atoms with Crippen molar-refractivity contribution in [2.45, 2.75) is 0 Å². The Kier molecular flexibility index (Phi) is 3.54. The van der Waals surface area contributed by atoms with E-state index in [2.05, 4.69) is 10.3 Å². The Morgan fingerprint density at radius 1 is 1.37 bits per heavy atom. The lowest BCUT2D eigenvalue weighted by molar-refractivity contribution is 0.0691. The van der Waals surface area contributed by atoms with Gasteiger partial charge in [0.1, 0.15) is 6.07 Å². The fourth-order valence-electron chi connectivity index (χ4n) is 1.34. The first-order valence-corrected chi connectivity index (χ1v) is 5.99. The molecule has 0 radical (unpaired) electrons. The fraction of sp³-hybridized carbons (Fsp3) is 0. The van der Waals surface area contributed by atoms with Crippen molar-refractivity contribution in [1.82, 2.24) is 4.98 Å². The second-order valence-corrected chi connectivity index (χ2v) is 4.31. The largest absolute Gasteiger partial charge is 0.476 e. The van der Waals surface area contributed by atoms with Gasteiger partial charge in [-0.2, -0.15) is 5.26 Å². The zero-order chi connectivity index (χ0) is 13.8. The average molecular weight is 273 g/mol. The van der Waals surface area contributed by atoms with Crippen molar-refractivity contribution < 1.29 is 14.7 Å². The van der Waals surface area contributed by atoms with Crippen LogP contribution in [0.1, 0.15) is 25.9 Å². The third-order valence-corrected chi connectivity index (χ3v) is 3.05. The summed E-state index contributed by atoms with van der Waals surface area (Å²) in [4.78, 5) is 26.2. The minimum absolute atomic E-state index is 0.0325. The monoisotopic (exact) mass is 273 g/mol. The molecule has 0 aliphatic heterocycles. The van der Waals surface area contributed by atoms with Gasteiger partial charge in [-0.25, -0.2) is 9.78 Å². The number of aromatic carboxylic acids is 1. The van der Waals surface area contributed by atoms with Crippen molar-refractivity contribution >= 4 is 28.9 Å². The molecule has 0 atom stereocenters.